The summed E-state index contributed by atoms with van der Waals surface area (Å²) < 4.78 is 5.58. The Morgan fingerprint density at radius 3 is 2.73 bits per heavy atom. The van der Waals surface area contributed by atoms with Crippen molar-refractivity contribution < 1.29 is 9.53 Å². The fourth-order valence-electron chi connectivity index (χ4n) is 3.70. The van der Waals surface area contributed by atoms with E-state index in [1.807, 2.05) is 62.5 Å². The van der Waals surface area contributed by atoms with Gasteiger partial charge in [-0.1, -0.05) is 12.1 Å². The molecule has 5 nitrogen and oxygen atoms in total. The number of ether oxygens (including phenoxy) is 1. The number of carbonyl (C=O) groups excluding carboxylic acids is 1. The Hall–Kier alpha value is -2.83. The number of thiophene rings is 1. The van der Waals surface area contributed by atoms with Crippen LogP contribution >= 0.6 is 11.3 Å². The van der Waals surface area contributed by atoms with Gasteiger partial charge in [0, 0.05) is 35.4 Å². The van der Waals surface area contributed by atoms with Gasteiger partial charge in [-0.05, 0) is 74.5 Å². The van der Waals surface area contributed by atoms with Crippen LogP contribution in [0.1, 0.15) is 23.0 Å². The quantitative estimate of drug-likeness (QED) is 0.572. The first kappa shape index (κ1) is 20.4. The van der Waals surface area contributed by atoms with Crippen LogP contribution < -0.4 is 20.3 Å². The highest BCUT2D eigenvalue weighted by Crippen LogP contribution is 2.31. The van der Waals surface area contributed by atoms with E-state index >= 15 is 0 Å². The first-order valence-electron chi connectivity index (χ1n) is 10.3. The second kappa shape index (κ2) is 9.32. The number of nitrogens with one attached hydrogen (secondary N) is 2. The predicted octanol–water partition coefficient (Wildman–Crippen LogP) is 4.86. The normalized spacial score (nSPS) is 15.9. The highest BCUT2D eigenvalue weighted by atomic mass is 32.1. The lowest BCUT2D eigenvalue weighted by Gasteiger charge is -2.19. The van der Waals surface area contributed by atoms with Gasteiger partial charge < -0.3 is 20.3 Å². The molecule has 2 heterocycles. The van der Waals surface area contributed by atoms with Crippen LogP contribution in [0.15, 0.2) is 60.7 Å². The lowest BCUT2D eigenvalue weighted by atomic mass is 10.2. The molecule has 1 aliphatic heterocycles. The minimum Gasteiger partial charge on any atom is -0.494 e. The van der Waals surface area contributed by atoms with Gasteiger partial charge in [-0.15, -0.1) is 11.3 Å². The van der Waals surface area contributed by atoms with Crippen LogP contribution in [0.4, 0.5) is 11.4 Å². The summed E-state index contributed by atoms with van der Waals surface area (Å²) in [5.41, 5.74) is 3.06. The Labute approximate surface area is 181 Å². The summed E-state index contributed by atoms with van der Waals surface area (Å²) >= 11 is 1.48. The van der Waals surface area contributed by atoms with E-state index in [9.17, 15) is 4.79 Å². The van der Waals surface area contributed by atoms with Crippen LogP contribution in [0.3, 0.4) is 0 Å². The molecule has 0 aliphatic carbocycles. The van der Waals surface area contributed by atoms with Crippen LogP contribution in [-0.4, -0.2) is 38.7 Å². The Kier molecular flexibility index (Phi) is 6.35. The van der Waals surface area contributed by atoms with Crippen LogP contribution in [-0.2, 0) is 0 Å². The van der Waals surface area contributed by atoms with E-state index in [0.29, 0.717) is 17.5 Å². The minimum atomic E-state index is -0.0867. The standard InChI is InChI=1S/C24H27N3O2S/c1-3-29-21-6-4-5-17(15-21)22-11-12-23(30-22)24(28)26-18-7-9-20(10-8-18)27-14-13-19(16-27)25-2/h4-12,15,19,25H,3,13-14,16H2,1-2H3,(H,26,28). The maximum Gasteiger partial charge on any atom is 0.265 e. The molecular formula is C24H27N3O2S. The molecule has 0 bridgehead atoms. The number of hydrogen-bond donors (Lipinski definition) is 2. The van der Waals surface area contributed by atoms with Gasteiger partial charge in [-0.2, -0.15) is 0 Å². The first-order chi connectivity index (χ1) is 14.7. The molecule has 30 heavy (non-hydrogen) atoms. The number of nitrogens with zero attached hydrogens (tertiary/aromatic N) is 1. The number of carbonyl (C=O) groups is 1. The van der Waals surface area contributed by atoms with Crippen molar-refractivity contribution in [2.24, 2.45) is 0 Å². The summed E-state index contributed by atoms with van der Waals surface area (Å²) in [4.78, 5) is 16.8. The summed E-state index contributed by atoms with van der Waals surface area (Å²) in [7, 11) is 2.01. The molecule has 0 radical (unpaired) electrons. The molecule has 6 heteroatoms. The van der Waals surface area contributed by atoms with E-state index < -0.39 is 0 Å². The molecule has 1 aromatic heterocycles. The van der Waals surface area contributed by atoms with E-state index in [0.717, 1.165) is 41.4 Å². The van der Waals surface area contributed by atoms with Crippen molar-refractivity contribution in [2.45, 2.75) is 19.4 Å². The predicted molar refractivity (Wildman–Crippen MR) is 125 cm³/mol. The third-order valence-electron chi connectivity index (χ3n) is 5.35. The number of anilines is 2. The van der Waals surface area contributed by atoms with Crippen molar-refractivity contribution in [1.82, 2.24) is 5.32 Å². The third-order valence-corrected chi connectivity index (χ3v) is 6.48. The largest absolute Gasteiger partial charge is 0.494 e. The lowest BCUT2D eigenvalue weighted by Crippen LogP contribution is -2.29. The lowest BCUT2D eigenvalue weighted by molar-refractivity contribution is 0.103. The van der Waals surface area contributed by atoms with Crippen molar-refractivity contribution in [2.75, 3.05) is 37.0 Å². The average molecular weight is 422 g/mol. The summed E-state index contributed by atoms with van der Waals surface area (Å²) in [6.45, 7) is 4.68. The zero-order valence-corrected chi connectivity index (χ0v) is 18.2. The van der Waals surface area contributed by atoms with E-state index in [-0.39, 0.29) is 5.91 Å². The Balaban J connectivity index is 1.40. The van der Waals surface area contributed by atoms with E-state index in [1.165, 1.54) is 17.0 Å². The summed E-state index contributed by atoms with van der Waals surface area (Å²) in [5.74, 6) is 0.755. The molecule has 0 spiro atoms. The second-order valence-corrected chi connectivity index (χ2v) is 8.43. The van der Waals surface area contributed by atoms with Gasteiger partial charge in [-0.25, -0.2) is 0 Å². The van der Waals surface area contributed by atoms with E-state index in [1.54, 1.807) is 0 Å². The monoisotopic (exact) mass is 421 g/mol. The number of amides is 1. The van der Waals surface area contributed by atoms with Gasteiger partial charge in [0.05, 0.1) is 11.5 Å². The highest BCUT2D eigenvalue weighted by Gasteiger charge is 2.21. The van der Waals surface area contributed by atoms with Gasteiger partial charge in [0.25, 0.3) is 5.91 Å². The van der Waals surface area contributed by atoms with Gasteiger partial charge >= 0.3 is 0 Å². The smallest absolute Gasteiger partial charge is 0.265 e. The molecule has 1 aliphatic rings. The van der Waals surface area contributed by atoms with Crippen molar-refractivity contribution in [3.05, 3.63) is 65.5 Å². The van der Waals surface area contributed by atoms with Crippen LogP contribution in [0.25, 0.3) is 10.4 Å². The molecule has 4 rings (SSSR count). The maximum atomic E-state index is 12.7. The molecule has 1 unspecified atom stereocenters. The van der Waals surface area contributed by atoms with Crippen LogP contribution in [0.5, 0.6) is 5.75 Å². The molecule has 3 aromatic rings. The van der Waals surface area contributed by atoms with E-state index in [4.69, 9.17) is 4.74 Å². The van der Waals surface area contributed by atoms with Gasteiger partial charge in [-0.3, -0.25) is 4.79 Å². The van der Waals surface area contributed by atoms with Crippen molar-refractivity contribution in [1.29, 1.82) is 0 Å². The molecule has 1 amide bonds. The second-order valence-electron chi connectivity index (χ2n) is 7.35. The molecular weight excluding hydrogens is 394 g/mol. The highest BCUT2D eigenvalue weighted by molar-refractivity contribution is 7.17. The van der Waals surface area contributed by atoms with Crippen molar-refractivity contribution >= 4 is 28.6 Å². The summed E-state index contributed by atoms with van der Waals surface area (Å²) in [6, 6.07) is 20.5. The average Bonchev–Trinajstić information content (AvgIpc) is 3.45. The maximum absolute atomic E-state index is 12.7. The minimum absolute atomic E-state index is 0.0867. The topological polar surface area (TPSA) is 53.6 Å². The van der Waals surface area contributed by atoms with E-state index in [2.05, 4.69) is 27.7 Å². The number of benzene rings is 2. The zero-order chi connectivity index (χ0) is 20.9. The molecule has 1 atom stereocenters. The molecule has 2 N–H and O–H groups in total. The number of hydrogen-bond acceptors (Lipinski definition) is 5. The zero-order valence-electron chi connectivity index (χ0n) is 17.4. The SMILES string of the molecule is CCOc1cccc(-c2ccc(C(=O)Nc3ccc(N4CCC(NC)C4)cc3)s2)c1. The van der Waals surface area contributed by atoms with Crippen LogP contribution in [0.2, 0.25) is 0 Å². The Morgan fingerprint density at radius 1 is 1.17 bits per heavy atom. The summed E-state index contributed by atoms with van der Waals surface area (Å²) in [5, 5.41) is 6.35. The number of rotatable bonds is 7. The van der Waals surface area contributed by atoms with Gasteiger partial charge in [0.15, 0.2) is 0 Å². The Bertz CT molecular complexity index is 1000. The molecule has 1 fully saturated rings. The summed E-state index contributed by atoms with van der Waals surface area (Å²) in [6.07, 6.45) is 1.16. The molecule has 1 saturated heterocycles. The van der Waals surface area contributed by atoms with Crippen molar-refractivity contribution in [3.63, 3.8) is 0 Å². The molecule has 2 aromatic carbocycles. The van der Waals surface area contributed by atoms with Gasteiger partial charge in [0.2, 0.25) is 0 Å². The van der Waals surface area contributed by atoms with Gasteiger partial charge in [0.1, 0.15) is 5.75 Å². The fourth-order valence-corrected chi connectivity index (χ4v) is 4.60. The van der Waals surface area contributed by atoms with Crippen LogP contribution in [0, 0.1) is 0 Å². The third kappa shape index (κ3) is 4.66. The first-order valence-corrected chi connectivity index (χ1v) is 11.1. The Morgan fingerprint density at radius 2 is 2.00 bits per heavy atom. The number of likely N-dealkylation sites (N-methyl/N-ethyl adjacent to an activating group) is 1. The molecule has 156 valence electrons. The van der Waals surface area contributed by atoms with Crippen molar-refractivity contribution in [3.8, 4) is 16.2 Å². The molecule has 0 saturated carbocycles. The fraction of sp³-hybridized carbons (Fsp3) is 0.292.